The highest BCUT2D eigenvalue weighted by molar-refractivity contribution is 6.02. The van der Waals surface area contributed by atoms with Gasteiger partial charge >= 0.3 is 6.03 Å². The van der Waals surface area contributed by atoms with Crippen molar-refractivity contribution in [2.75, 3.05) is 44.2 Å². The van der Waals surface area contributed by atoms with E-state index in [0.29, 0.717) is 45.1 Å². The Balaban J connectivity index is 1.20. The lowest BCUT2D eigenvalue weighted by Gasteiger charge is -2.22. The van der Waals surface area contributed by atoms with E-state index in [2.05, 4.69) is 30.5 Å². The second-order valence-corrected chi connectivity index (χ2v) is 8.19. The van der Waals surface area contributed by atoms with Gasteiger partial charge < -0.3 is 25.4 Å². The normalized spacial score (nSPS) is 16.4. The number of rotatable bonds is 4. The van der Waals surface area contributed by atoms with Crippen molar-refractivity contribution in [3.8, 4) is 0 Å². The fraction of sp³-hybridized carbons (Fsp3) is 0.391. The van der Waals surface area contributed by atoms with E-state index in [0.717, 1.165) is 47.0 Å². The largest absolute Gasteiger partial charge is 0.361 e. The summed E-state index contributed by atoms with van der Waals surface area (Å²) in [7, 11) is 0. The Morgan fingerprint density at radius 2 is 2.00 bits per heavy atom. The first-order valence-corrected chi connectivity index (χ1v) is 11.2. The Labute approximate surface area is 186 Å². The number of benzene rings is 1. The molecule has 0 aliphatic carbocycles. The molecule has 32 heavy (non-hydrogen) atoms. The van der Waals surface area contributed by atoms with Crippen molar-refractivity contribution in [2.45, 2.75) is 19.3 Å². The van der Waals surface area contributed by atoms with Crippen LogP contribution in [0.25, 0.3) is 10.9 Å². The molecule has 4 heterocycles. The van der Waals surface area contributed by atoms with Gasteiger partial charge in [0.2, 0.25) is 5.95 Å². The van der Waals surface area contributed by atoms with Crippen LogP contribution in [0.4, 0.5) is 10.7 Å². The molecule has 3 aromatic rings. The Kier molecular flexibility index (Phi) is 5.62. The Bertz CT molecular complexity index is 1130. The molecule has 2 aliphatic heterocycles. The predicted molar refractivity (Wildman–Crippen MR) is 122 cm³/mol. The Morgan fingerprint density at radius 3 is 2.88 bits per heavy atom. The number of hydrogen-bond acceptors (Lipinski definition) is 5. The van der Waals surface area contributed by atoms with Gasteiger partial charge in [-0.3, -0.25) is 4.79 Å². The lowest BCUT2D eigenvalue weighted by atomic mass is 9.94. The van der Waals surface area contributed by atoms with Gasteiger partial charge in [0, 0.05) is 74.3 Å². The summed E-state index contributed by atoms with van der Waals surface area (Å²) in [5, 5.41) is 7.10. The SMILES string of the molecule is O=C1NCCc2c1ccc1[nH]cc(CCNC(=O)N3CCCN(c4ncccn4)CC3)c21. The molecule has 5 rings (SSSR count). The Hall–Kier alpha value is -3.62. The van der Waals surface area contributed by atoms with Crippen molar-refractivity contribution >= 4 is 28.8 Å². The number of carbonyl (C=O) groups excluding carboxylic acids is 2. The molecule has 2 aliphatic rings. The van der Waals surface area contributed by atoms with E-state index < -0.39 is 0 Å². The van der Waals surface area contributed by atoms with Crippen molar-refractivity contribution in [3.05, 3.63) is 53.5 Å². The number of aromatic amines is 1. The predicted octanol–water partition coefficient (Wildman–Crippen LogP) is 1.71. The first kappa shape index (κ1) is 20.3. The van der Waals surface area contributed by atoms with E-state index >= 15 is 0 Å². The fourth-order valence-corrected chi connectivity index (χ4v) is 4.63. The zero-order valence-corrected chi connectivity index (χ0v) is 17.9. The van der Waals surface area contributed by atoms with Gasteiger partial charge in [0.05, 0.1) is 0 Å². The second-order valence-electron chi connectivity index (χ2n) is 8.19. The highest BCUT2D eigenvalue weighted by atomic mass is 16.2. The van der Waals surface area contributed by atoms with Gasteiger partial charge in [0.15, 0.2) is 0 Å². The minimum absolute atomic E-state index is 0.00953. The summed E-state index contributed by atoms with van der Waals surface area (Å²) in [6.07, 6.45) is 7.89. The van der Waals surface area contributed by atoms with E-state index in [1.165, 1.54) is 0 Å². The first-order valence-electron chi connectivity index (χ1n) is 11.2. The van der Waals surface area contributed by atoms with Gasteiger partial charge in [-0.1, -0.05) is 0 Å². The van der Waals surface area contributed by atoms with E-state index in [1.807, 2.05) is 23.2 Å². The molecule has 3 amide bonds. The van der Waals surface area contributed by atoms with Gasteiger partial charge in [-0.05, 0) is 48.6 Å². The smallest absolute Gasteiger partial charge is 0.317 e. The number of amides is 3. The van der Waals surface area contributed by atoms with Gasteiger partial charge in [-0.15, -0.1) is 0 Å². The second kappa shape index (κ2) is 8.86. The van der Waals surface area contributed by atoms with Crippen LogP contribution in [0.1, 0.15) is 27.9 Å². The van der Waals surface area contributed by atoms with Crippen molar-refractivity contribution in [3.63, 3.8) is 0 Å². The third-order valence-corrected chi connectivity index (χ3v) is 6.23. The summed E-state index contributed by atoms with van der Waals surface area (Å²) >= 11 is 0. The number of fused-ring (bicyclic) bond motifs is 3. The van der Waals surface area contributed by atoms with Crippen LogP contribution >= 0.6 is 0 Å². The monoisotopic (exact) mass is 433 g/mol. The molecular formula is C23H27N7O2. The summed E-state index contributed by atoms with van der Waals surface area (Å²) in [5.74, 6) is 0.704. The summed E-state index contributed by atoms with van der Waals surface area (Å²) < 4.78 is 0. The molecule has 1 fully saturated rings. The highest BCUT2D eigenvalue weighted by Gasteiger charge is 2.22. The number of H-pyrrole nitrogens is 1. The van der Waals surface area contributed by atoms with Crippen LogP contribution < -0.4 is 15.5 Å². The molecule has 2 aromatic heterocycles. The number of aromatic nitrogens is 3. The molecule has 9 heteroatoms. The van der Waals surface area contributed by atoms with Crippen molar-refractivity contribution < 1.29 is 9.59 Å². The topological polar surface area (TPSA) is 106 Å². The summed E-state index contributed by atoms with van der Waals surface area (Å²) in [4.78, 5) is 40.9. The molecule has 0 atom stereocenters. The zero-order valence-electron chi connectivity index (χ0n) is 17.9. The standard InChI is InChI=1S/C23H27N7O2/c31-21-18-3-4-19-20(17(18)6-10-24-21)16(15-28-19)5-9-27-23(32)30-12-2-11-29(13-14-30)22-25-7-1-8-26-22/h1,3-4,7-8,15,28H,2,5-6,9-14H2,(H,24,31)(H,27,32). The van der Waals surface area contributed by atoms with Crippen LogP contribution in [0.15, 0.2) is 36.8 Å². The van der Waals surface area contributed by atoms with Crippen LogP contribution in [0.5, 0.6) is 0 Å². The van der Waals surface area contributed by atoms with Gasteiger partial charge in [-0.25, -0.2) is 14.8 Å². The number of nitrogens with one attached hydrogen (secondary N) is 3. The van der Waals surface area contributed by atoms with Gasteiger partial charge in [-0.2, -0.15) is 0 Å². The third-order valence-electron chi connectivity index (χ3n) is 6.23. The molecule has 1 aromatic carbocycles. The number of anilines is 1. The van der Waals surface area contributed by atoms with E-state index in [-0.39, 0.29) is 11.9 Å². The number of hydrogen-bond donors (Lipinski definition) is 3. The minimum atomic E-state index is -0.0397. The van der Waals surface area contributed by atoms with Gasteiger partial charge in [0.25, 0.3) is 5.91 Å². The van der Waals surface area contributed by atoms with E-state index in [1.54, 1.807) is 18.5 Å². The van der Waals surface area contributed by atoms with Crippen molar-refractivity contribution in [1.29, 1.82) is 0 Å². The quantitative estimate of drug-likeness (QED) is 0.581. The highest BCUT2D eigenvalue weighted by Crippen LogP contribution is 2.28. The maximum Gasteiger partial charge on any atom is 0.317 e. The average Bonchev–Trinajstić information content (AvgIpc) is 3.07. The molecule has 0 saturated carbocycles. The zero-order chi connectivity index (χ0) is 21.9. The van der Waals surface area contributed by atoms with Crippen molar-refractivity contribution in [2.24, 2.45) is 0 Å². The lowest BCUT2D eigenvalue weighted by Crippen LogP contribution is -2.42. The van der Waals surface area contributed by atoms with E-state index in [4.69, 9.17) is 0 Å². The summed E-state index contributed by atoms with van der Waals surface area (Å²) in [6, 6.07) is 5.61. The molecule has 1 saturated heterocycles. The van der Waals surface area contributed by atoms with Crippen LogP contribution in [0.3, 0.4) is 0 Å². The third kappa shape index (κ3) is 3.98. The molecule has 0 radical (unpaired) electrons. The molecule has 0 bridgehead atoms. The molecule has 0 unspecified atom stereocenters. The molecule has 166 valence electrons. The minimum Gasteiger partial charge on any atom is -0.361 e. The first-order chi connectivity index (χ1) is 15.7. The van der Waals surface area contributed by atoms with E-state index in [9.17, 15) is 9.59 Å². The Morgan fingerprint density at radius 1 is 1.12 bits per heavy atom. The lowest BCUT2D eigenvalue weighted by molar-refractivity contribution is 0.0946. The maximum absolute atomic E-state index is 12.8. The molecule has 0 spiro atoms. The average molecular weight is 434 g/mol. The van der Waals surface area contributed by atoms with Crippen LogP contribution in [0.2, 0.25) is 0 Å². The summed E-state index contributed by atoms with van der Waals surface area (Å²) in [6.45, 7) is 4.11. The van der Waals surface area contributed by atoms with Crippen molar-refractivity contribution in [1.82, 2.24) is 30.5 Å². The fourth-order valence-electron chi connectivity index (χ4n) is 4.63. The van der Waals surface area contributed by atoms with Crippen LogP contribution in [0, 0.1) is 0 Å². The van der Waals surface area contributed by atoms with Crippen LogP contribution in [-0.2, 0) is 12.8 Å². The van der Waals surface area contributed by atoms with Crippen LogP contribution in [-0.4, -0.2) is 71.1 Å². The summed E-state index contributed by atoms with van der Waals surface area (Å²) in [5.41, 5.74) is 4.03. The number of carbonyl (C=O) groups is 2. The van der Waals surface area contributed by atoms with Gasteiger partial charge in [0.1, 0.15) is 0 Å². The number of urea groups is 1. The number of nitrogens with zero attached hydrogens (tertiary/aromatic N) is 4. The maximum atomic E-state index is 12.8. The molecule has 9 nitrogen and oxygen atoms in total. The molecular weight excluding hydrogens is 406 g/mol. The molecule has 3 N–H and O–H groups in total.